The third-order valence-electron chi connectivity index (χ3n) is 3.84. The third kappa shape index (κ3) is 3.30. The number of nitrogens with one attached hydrogen (secondary N) is 2. The van der Waals surface area contributed by atoms with Crippen LogP contribution in [0.15, 0.2) is 0 Å². The minimum atomic E-state index is -1.01. The number of anilines is 1. The Bertz CT molecular complexity index is 535. The Morgan fingerprint density at radius 3 is 2.60 bits per heavy atom. The molecule has 0 aromatic carbocycles. The van der Waals surface area contributed by atoms with Gasteiger partial charge in [-0.15, -0.1) is 11.3 Å². The second-order valence-corrected chi connectivity index (χ2v) is 6.67. The fraction of sp³-hybridized carbons (Fsp3) is 0.571. The van der Waals surface area contributed by atoms with E-state index in [-0.39, 0.29) is 11.6 Å². The number of hydrogen-bond donors (Lipinski definition) is 3. The molecular formula is C14H20N2O3S. The Kier molecular flexibility index (Phi) is 4.32. The fourth-order valence-corrected chi connectivity index (χ4v) is 3.25. The number of carboxylic acid groups (broad SMARTS) is 1. The molecule has 0 spiro atoms. The van der Waals surface area contributed by atoms with E-state index < -0.39 is 5.97 Å². The minimum absolute atomic E-state index is 0.192. The standard InChI is InChI=1S/C14H20N2O3S/c1-7(10-4-5-10)6-15-14(19)16-12-11(13(17)18)8(2)9(3)20-12/h7,10H,4-6H2,1-3H3,(H,17,18)(H2,15,16,19). The van der Waals surface area contributed by atoms with Crippen molar-refractivity contribution >= 4 is 28.3 Å². The molecule has 2 rings (SSSR count). The van der Waals surface area contributed by atoms with E-state index in [4.69, 9.17) is 0 Å². The lowest BCUT2D eigenvalue weighted by molar-refractivity contribution is 0.0697. The number of rotatable bonds is 5. The van der Waals surface area contributed by atoms with Gasteiger partial charge in [-0.05, 0) is 44.1 Å². The number of carbonyl (C=O) groups excluding carboxylic acids is 1. The van der Waals surface area contributed by atoms with Crippen LogP contribution in [0.2, 0.25) is 0 Å². The van der Waals surface area contributed by atoms with Crippen LogP contribution >= 0.6 is 11.3 Å². The van der Waals surface area contributed by atoms with Crippen LogP contribution in [0.5, 0.6) is 0 Å². The Labute approximate surface area is 122 Å². The lowest BCUT2D eigenvalue weighted by atomic mass is 10.1. The monoisotopic (exact) mass is 296 g/mol. The molecule has 1 fully saturated rings. The van der Waals surface area contributed by atoms with Gasteiger partial charge in [0.2, 0.25) is 0 Å². The fourth-order valence-electron chi connectivity index (χ4n) is 2.21. The van der Waals surface area contributed by atoms with E-state index in [2.05, 4.69) is 17.6 Å². The van der Waals surface area contributed by atoms with Gasteiger partial charge in [-0.25, -0.2) is 9.59 Å². The van der Waals surface area contributed by atoms with Crippen molar-refractivity contribution in [1.29, 1.82) is 0 Å². The predicted octanol–water partition coefficient (Wildman–Crippen LogP) is 3.23. The van der Waals surface area contributed by atoms with E-state index >= 15 is 0 Å². The number of thiophene rings is 1. The predicted molar refractivity (Wildman–Crippen MR) is 79.7 cm³/mol. The van der Waals surface area contributed by atoms with Crippen LogP contribution in [0, 0.1) is 25.7 Å². The first-order valence-corrected chi connectivity index (χ1v) is 7.60. The minimum Gasteiger partial charge on any atom is -0.478 e. The molecule has 1 aromatic heterocycles. The largest absolute Gasteiger partial charge is 0.478 e. The molecule has 1 unspecified atom stereocenters. The molecule has 0 saturated heterocycles. The molecule has 0 bridgehead atoms. The second-order valence-electron chi connectivity index (χ2n) is 5.44. The molecule has 0 aliphatic heterocycles. The van der Waals surface area contributed by atoms with Crippen molar-refractivity contribution in [2.75, 3.05) is 11.9 Å². The average molecular weight is 296 g/mol. The average Bonchev–Trinajstić information content (AvgIpc) is 3.15. The van der Waals surface area contributed by atoms with Gasteiger partial charge in [0.1, 0.15) is 5.00 Å². The highest BCUT2D eigenvalue weighted by atomic mass is 32.1. The van der Waals surface area contributed by atoms with Crippen LogP contribution in [0.3, 0.4) is 0 Å². The number of carbonyl (C=O) groups is 2. The maximum atomic E-state index is 11.8. The number of amides is 2. The number of aryl methyl sites for hydroxylation is 1. The van der Waals surface area contributed by atoms with Crippen LogP contribution in [-0.4, -0.2) is 23.7 Å². The molecule has 110 valence electrons. The van der Waals surface area contributed by atoms with Crippen molar-refractivity contribution in [3.05, 3.63) is 16.0 Å². The number of hydrogen-bond acceptors (Lipinski definition) is 3. The molecule has 1 atom stereocenters. The zero-order chi connectivity index (χ0) is 14.9. The molecule has 3 N–H and O–H groups in total. The first-order valence-electron chi connectivity index (χ1n) is 6.78. The first-order chi connectivity index (χ1) is 9.40. The van der Waals surface area contributed by atoms with Gasteiger partial charge in [-0.3, -0.25) is 5.32 Å². The van der Waals surface area contributed by atoms with E-state index in [0.717, 1.165) is 10.8 Å². The van der Waals surface area contributed by atoms with Crippen LogP contribution < -0.4 is 10.6 Å². The maximum Gasteiger partial charge on any atom is 0.338 e. The molecule has 1 heterocycles. The van der Waals surface area contributed by atoms with Crippen molar-refractivity contribution in [3.63, 3.8) is 0 Å². The summed E-state index contributed by atoms with van der Waals surface area (Å²) in [5.74, 6) is 0.205. The Morgan fingerprint density at radius 1 is 1.40 bits per heavy atom. The smallest absolute Gasteiger partial charge is 0.338 e. The summed E-state index contributed by atoms with van der Waals surface area (Å²) in [5, 5.41) is 15.1. The highest BCUT2D eigenvalue weighted by Crippen LogP contribution is 2.36. The van der Waals surface area contributed by atoms with Gasteiger partial charge in [0.05, 0.1) is 5.56 Å². The van der Waals surface area contributed by atoms with Crippen molar-refractivity contribution in [1.82, 2.24) is 5.32 Å². The summed E-state index contributed by atoms with van der Waals surface area (Å²) in [6.45, 7) is 6.36. The van der Waals surface area contributed by atoms with E-state index in [9.17, 15) is 14.7 Å². The summed E-state index contributed by atoms with van der Waals surface area (Å²) in [6, 6.07) is -0.332. The molecule has 1 aliphatic rings. The zero-order valence-corrected chi connectivity index (χ0v) is 12.8. The second kappa shape index (κ2) is 5.83. The van der Waals surface area contributed by atoms with E-state index in [1.54, 1.807) is 6.92 Å². The highest BCUT2D eigenvalue weighted by Gasteiger charge is 2.28. The van der Waals surface area contributed by atoms with E-state index in [1.165, 1.54) is 24.2 Å². The molecule has 2 amide bonds. The molecular weight excluding hydrogens is 276 g/mol. The van der Waals surface area contributed by atoms with Crippen LogP contribution in [0.25, 0.3) is 0 Å². The normalized spacial score (nSPS) is 15.8. The SMILES string of the molecule is Cc1sc(NC(=O)NCC(C)C2CC2)c(C(=O)O)c1C. The Balaban J connectivity index is 1.96. The summed E-state index contributed by atoms with van der Waals surface area (Å²) < 4.78 is 0. The number of carboxylic acids is 1. The first kappa shape index (κ1) is 14.8. The zero-order valence-electron chi connectivity index (χ0n) is 11.9. The summed E-state index contributed by atoms with van der Waals surface area (Å²) in [4.78, 5) is 24.0. The van der Waals surface area contributed by atoms with Gasteiger partial charge < -0.3 is 10.4 Å². The number of urea groups is 1. The summed E-state index contributed by atoms with van der Waals surface area (Å²) >= 11 is 1.30. The van der Waals surface area contributed by atoms with Crippen LogP contribution in [0.1, 0.15) is 40.6 Å². The van der Waals surface area contributed by atoms with Crippen LogP contribution in [0.4, 0.5) is 9.80 Å². The van der Waals surface area contributed by atoms with Gasteiger partial charge in [-0.2, -0.15) is 0 Å². The molecule has 6 heteroatoms. The lowest BCUT2D eigenvalue weighted by Crippen LogP contribution is -2.33. The quantitative estimate of drug-likeness (QED) is 0.780. The summed E-state index contributed by atoms with van der Waals surface area (Å²) in [7, 11) is 0. The van der Waals surface area contributed by atoms with Crippen molar-refractivity contribution < 1.29 is 14.7 Å². The van der Waals surface area contributed by atoms with Crippen LogP contribution in [-0.2, 0) is 0 Å². The maximum absolute atomic E-state index is 11.8. The molecule has 1 aromatic rings. The van der Waals surface area contributed by atoms with Gasteiger partial charge >= 0.3 is 12.0 Å². The van der Waals surface area contributed by atoms with Gasteiger partial charge in [0.15, 0.2) is 0 Å². The van der Waals surface area contributed by atoms with E-state index in [0.29, 0.717) is 23.0 Å². The highest BCUT2D eigenvalue weighted by molar-refractivity contribution is 7.16. The number of aromatic carboxylic acids is 1. The topological polar surface area (TPSA) is 78.4 Å². The van der Waals surface area contributed by atoms with Gasteiger partial charge in [-0.1, -0.05) is 6.92 Å². The van der Waals surface area contributed by atoms with Gasteiger partial charge in [0.25, 0.3) is 0 Å². The molecule has 1 saturated carbocycles. The van der Waals surface area contributed by atoms with Crippen molar-refractivity contribution in [2.45, 2.75) is 33.6 Å². The Morgan fingerprint density at radius 2 is 2.05 bits per heavy atom. The lowest BCUT2D eigenvalue weighted by Gasteiger charge is -2.12. The third-order valence-corrected chi connectivity index (χ3v) is 4.96. The summed E-state index contributed by atoms with van der Waals surface area (Å²) in [6.07, 6.45) is 2.49. The summed E-state index contributed by atoms with van der Waals surface area (Å²) in [5.41, 5.74) is 0.905. The Hall–Kier alpha value is -1.56. The van der Waals surface area contributed by atoms with Crippen molar-refractivity contribution in [2.24, 2.45) is 11.8 Å². The molecule has 5 nitrogen and oxygen atoms in total. The molecule has 20 heavy (non-hydrogen) atoms. The molecule has 1 aliphatic carbocycles. The van der Waals surface area contributed by atoms with E-state index in [1.807, 2.05) is 6.92 Å². The van der Waals surface area contributed by atoms with Gasteiger partial charge in [0, 0.05) is 11.4 Å². The van der Waals surface area contributed by atoms with Crippen molar-refractivity contribution in [3.8, 4) is 0 Å². The molecule has 0 radical (unpaired) electrons.